The Kier molecular flexibility index (Phi) is 4.63. The summed E-state index contributed by atoms with van der Waals surface area (Å²) in [5.74, 6) is 0.983. The Hall–Kier alpha value is -1.74. The second-order valence-corrected chi connectivity index (χ2v) is 4.99. The van der Waals surface area contributed by atoms with Gasteiger partial charge in [-0.3, -0.25) is 0 Å². The standard InChI is InChI=1S/C16H22N2O/c1-13-9-14(2)11-15(10-13)18(7-4-6-17)12-16-5-3-8-19-16/h3,5,8-11H,4,6-7,12,17H2,1-2H3. The molecule has 2 rings (SSSR count). The Morgan fingerprint density at radius 2 is 1.89 bits per heavy atom. The van der Waals surface area contributed by atoms with Gasteiger partial charge < -0.3 is 15.1 Å². The number of nitrogens with two attached hydrogens (primary N) is 1. The lowest BCUT2D eigenvalue weighted by Gasteiger charge is -2.24. The van der Waals surface area contributed by atoms with E-state index in [4.69, 9.17) is 10.2 Å². The minimum Gasteiger partial charge on any atom is -0.467 e. The Balaban J connectivity index is 2.20. The molecule has 19 heavy (non-hydrogen) atoms. The summed E-state index contributed by atoms with van der Waals surface area (Å²) >= 11 is 0. The van der Waals surface area contributed by atoms with Crippen molar-refractivity contribution in [2.45, 2.75) is 26.8 Å². The molecule has 0 aliphatic rings. The molecule has 3 heteroatoms. The summed E-state index contributed by atoms with van der Waals surface area (Å²) in [4.78, 5) is 2.33. The van der Waals surface area contributed by atoms with Crippen LogP contribution in [-0.2, 0) is 6.54 Å². The van der Waals surface area contributed by atoms with Crippen molar-refractivity contribution in [3.8, 4) is 0 Å². The molecule has 0 saturated heterocycles. The Bertz CT molecular complexity index is 485. The molecular weight excluding hydrogens is 236 g/mol. The second-order valence-electron chi connectivity index (χ2n) is 4.99. The van der Waals surface area contributed by atoms with Crippen LogP contribution in [0.4, 0.5) is 5.69 Å². The van der Waals surface area contributed by atoms with E-state index in [1.807, 2.05) is 12.1 Å². The van der Waals surface area contributed by atoms with Crippen molar-refractivity contribution in [1.29, 1.82) is 0 Å². The lowest BCUT2D eigenvalue weighted by Crippen LogP contribution is -2.25. The smallest absolute Gasteiger partial charge is 0.123 e. The summed E-state index contributed by atoms with van der Waals surface area (Å²) < 4.78 is 5.45. The average Bonchev–Trinajstić information content (AvgIpc) is 2.86. The van der Waals surface area contributed by atoms with Crippen molar-refractivity contribution in [3.05, 3.63) is 53.5 Å². The second kappa shape index (κ2) is 6.43. The third kappa shape index (κ3) is 3.86. The molecule has 0 aliphatic carbocycles. The van der Waals surface area contributed by atoms with Crippen molar-refractivity contribution >= 4 is 5.69 Å². The number of furan rings is 1. The van der Waals surface area contributed by atoms with Gasteiger partial charge in [0, 0.05) is 12.2 Å². The largest absolute Gasteiger partial charge is 0.467 e. The fraction of sp³-hybridized carbons (Fsp3) is 0.375. The molecule has 3 nitrogen and oxygen atoms in total. The molecule has 0 radical (unpaired) electrons. The molecule has 1 aromatic carbocycles. The minimum atomic E-state index is 0.708. The highest BCUT2D eigenvalue weighted by atomic mass is 16.3. The van der Waals surface area contributed by atoms with Crippen molar-refractivity contribution in [2.75, 3.05) is 18.0 Å². The van der Waals surface area contributed by atoms with E-state index in [0.29, 0.717) is 6.54 Å². The van der Waals surface area contributed by atoms with Gasteiger partial charge in [-0.2, -0.15) is 0 Å². The van der Waals surface area contributed by atoms with Crippen molar-refractivity contribution < 1.29 is 4.42 Å². The summed E-state index contributed by atoms with van der Waals surface area (Å²) in [6.45, 7) is 6.70. The molecule has 2 aromatic rings. The van der Waals surface area contributed by atoms with E-state index < -0.39 is 0 Å². The monoisotopic (exact) mass is 258 g/mol. The van der Waals surface area contributed by atoms with Gasteiger partial charge in [0.2, 0.25) is 0 Å². The third-order valence-electron chi connectivity index (χ3n) is 3.13. The fourth-order valence-corrected chi connectivity index (χ4v) is 2.31. The zero-order valence-electron chi connectivity index (χ0n) is 11.7. The zero-order chi connectivity index (χ0) is 13.7. The van der Waals surface area contributed by atoms with Crippen molar-refractivity contribution in [1.82, 2.24) is 0 Å². The number of aryl methyl sites for hydroxylation is 2. The van der Waals surface area contributed by atoms with Gasteiger partial charge in [-0.1, -0.05) is 6.07 Å². The predicted molar refractivity (Wildman–Crippen MR) is 79.3 cm³/mol. The average molecular weight is 258 g/mol. The lowest BCUT2D eigenvalue weighted by atomic mass is 10.1. The summed E-state index contributed by atoms with van der Waals surface area (Å²) in [5.41, 5.74) is 9.45. The van der Waals surface area contributed by atoms with E-state index in [2.05, 4.69) is 36.9 Å². The molecule has 1 heterocycles. The summed E-state index contributed by atoms with van der Waals surface area (Å²) in [6, 6.07) is 10.6. The van der Waals surface area contributed by atoms with Gasteiger partial charge in [-0.15, -0.1) is 0 Å². The van der Waals surface area contributed by atoms with Crippen LogP contribution in [0.3, 0.4) is 0 Å². The van der Waals surface area contributed by atoms with Gasteiger partial charge in [0.05, 0.1) is 12.8 Å². The maximum absolute atomic E-state index is 5.64. The zero-order valence-corrected chi connectivity index (χ0v) is 11.7. The first-order valence-corrected chi connectivity index (χ1v) is 6.75. The molecule has 2 N–H and O–H groups in total. The van der Waals surface area contributed by atoms with Crippen LogP contribution in [0, 0.1) is 13.8 Å². The maximum atomic E-state index is 5.64. The Morgan fingerprint density at radius 3 is 2.47 bits per heavy atom. The highest BCUT2D eigenvalue weighted by Gasteiger charge is 2.09. The van der Waals surface area contributed by atoms with E-state index >= 15 is 0 Å². The Labute approximate surface area is 115 Å². The van der Waals surface area contributed by atoms with Gasteiger partial charge in [0.25, 0.3) is 0 Å². The highest BCUT2D eigenvalue weighted by molar-refractivity contribution is 5.51. The van der Waals surface area contributed by atoms with Crippen LogP contribution in [0.25, 0.3) is 0 Å². The van der Waals surface area contributed by atoms with Gasteiger partial charge in [0.15, 0.2) is 0 Å². The molecule has 0 aliphatic heterocycles. The first kappa shape index (κ1) is 13.7. The van der Waals surface area contributed by atoms with Crippen LogP contribution in [-0.4, -0.2) is 13.1 Å². The van der Waals surface area contributed by atoms with E-state index in [-0.39, 0.29) is 0 Å². The number of hydrogen-bond donors (Lipinski definition) is 1. The molecule has 102 valence electrons. The normalized spacial score (nSPS) is 10.7. The lowest BCUT2D eigenvalue weighted by molar-refractivity contribution is 0.501. The molecule has 0 bridgehead atoms. The minimum absolute atomic E-state index is 0.708. The van der Waals surface area contributed by atoms with Crippen LogP contribution < -0.4 is 10.6 Å². The Morgan fingerprint density at radius 1 is 1.16 bits per heavy atom. The predicted octanol–water partition coefficient (Wildman–Crippen LogP) is 3.25. The van der Waals surface area contributed by atoms with E-state index in [1.165, 1.54) is 16.8 Å². The topological polar surface area (TPSA) is 42.4 Å². The van der Waals surface area contributed by atoms with Crippen LogP contribution in [0.2, 0.25) is 0 Å². The van der Waals surface area contributed by atoms with Crippen LogP contribution in [0.1, 0.15) is 23.3 Å². The van der Waals surface area contributed by atoms with Gasteiger partial charge >= 0.3 is 0 Å². The molecular formula is C16H22N2O. The number of nitrogens with zero attached hydrogens (tertiary/aromatic N) is 1. The van der Waals surface area contributed by atoms with E-state index in [9.17, 15) is 0 Å². The summed E-state index contributed by atoms with van der Waals surface area (Å²) in [7, 11) is 0. The molecule has 1 aromatic heterocycles. The van der Waals surface area contributed by atoms with Gasteiger partial charge in [0.1, 0.15) is 5.76 Å². The maximum Gasteiger partial charge on any atom is 0.123 e. The fourth-order valence-electron chi connectivity index (χ4n) is 2.31. The first-order chi connectivity index (χ1) is 9.19. The number of benzene rings is 1. The summed E-state index contributed by atoms with van der Waals surface area (Å²) in [5, 5.41) is 0. The summed E-state index contributed by atoms with van der Waals surface area (Å²) in [6.07, 6.45) is 2.70. The number of rotatable bonds is 6. The first-order valence-electron chi connectivity index (χ1n) is 6.75. The van der Waals surface area contributed by atoms with Crippen molar-refractivity contribution in [2.24, 2.45) is 5.73 Å². The molecule has 0 unspecified atom stereocenters. The number of hydrogen-bond acceptors (Lipinski definition) is 3. The molecule has 0 atom stereocenters. The number of anilines is 1. The van der Waals surface area contributed by atoms with E-state index in [0.717, 1.165) is 25.3 Å². The van der Waals surface area contributed by atoms with Gasteiger partial charge in [-0.05, 0) is 62.2 Å². The van der Waals surface area contributed by atoms with E-state index in [1.54, 1.807) is 6.26 Å². The van der Waals surface area contributed by atoms with Gasteiger partial charge in [-0.25, -0.2) is 0 Å². The molecule has 0 spiro atoms. The highest BCUT2D eigenvalue weighted by Crippen LogP contribution is 2.21. The van der Waals surface area contributed by atoms with Crippen LogP contribution >= 0.6 is 0 Å². The van der Waals surface area contributed by atoms with Crippen LogP contribution in [0.5, 0.6) is 0 Å². The molecule has 0 fully saturated rings. The molecule has 0 saturated carbocycles. The molecule has 0 amide bonds. The van der Waals surface area contributed by atoms with Crippen molar-refractivity contribution in [3.63, 3.8) is 0 Å². The van der Waals surface area contributed by atoms with Crippen LogP contribution in [0.15, 0.2) is 41.0 Å². The quantitative estimate of drug-likeness (QED) is 0.864. The SMILES string of the molecule is Cc1cc(C)cc(N(CCCN)Cc2ccco2)c1. The third-order valence-corrected chi connectivity index (χ3v) is 3.13.